The molecule has 2 N–H and O–H groups in total. The summed E-state index contributed by atoms with van der Waals surface area (Å²) in [6.07, 6.45) is 9.48. The van der Waals surface area contributed by atoms with Gasteiger partial charge in [0.15, 0.2) is 5.60 Å². The van der Waals surface area contributed by atoms with E-state index in [1.54, 1.807) is 42.5 Å². The number of carbonyl (C=O) groups excluding carboxylic acids is 1. The van der Waals surface area contributed by atoms with Gasteiger partial charge in [-0.3, -0.25) is 0 Å². The Labute approximate surface area is 150 Å². The maximum absolute atomic E-state index is 12.7. The third kappa shape index (κ3) is 2.07. The summed E-state index contributed by atoms with van der Waals surface area (Å²) in [5.41, 5.74) is 0.589. The molecule has 1 spiro atoms. The maximum atomic E-state index is 12.7. The quantitative estimate of drug-likeness (QED) is 0.797. The summed E-state index contributed by atoms with van der Waals surface area (Å²) >= 11 is 0. The molecule has 26 heavy (non-hydrogen) atoms. The molecule has 0 amide bonds. The Morgan fingerprint density at radius 1 is 1.31 bits per heavy atom. The van der Waals surface area contributed by atoms with Crippen molar-refractivity contribution in [3.8, 4) is 11.5 Å². The van der Waals surface area contributed by atoms with E-state index in [1.807, 2.05) is 6.92 Å². The molecule has 4 rings (SSSR count). The second kappa shape index (κ2) is 5.66. The molecule has 0 saturated carbocycles. The minimum Gasteiger partial charge on any atom is -0.508 e. The number of fused-ring (bicyclic) bond motifs is 4. The van der Waals surface area contributed by atoms with Crippen LogP contribution in [-0.2, 0) is 15.1 Å². The van der Waals surface area contributed by atoms with Crippen LogP contribution >= 0.6 is 0 Å². The van der Waals surface area contributed by atoms with Gasteiger partial charge in [-0.05, 0) is 31.2 Å². The summed E-state index contributed by atoms with van der Waals surface area (Å²) in [4.78, 5) is 12.7. The van der Waals surface area contributed by atoms with Crippen LogP contribution in [0.2, 0.25) is 0 Å². The molecular formula is C21H18O5. The first-order valence-corrected chi connectivity index (χ1v) is 8.33. The summed E-state index contributed by atoms with van der Waals surface area (Å²) in [7, 11) is 0. The number of phenolic OH excluding ortho intramolecular Hbond substituents is 1. The van der Waals surface area contributed by atoms with E-state index in [0.717, 1.165) is 0 Å². The molecule has 132 valence electrons. The number of aromatic hydroxyl groups is 1. The molecule has 2 heterocycles. The van der Waals surface area contributed by atoms with Crippen molar-refractivity contribution >= 4 is 5.97 Å². The van der Waals surface area contributed by atoms with Gasteiger partial charge in [-0.1, -0.05) is 30.9 Å². The van der Waals surface area contributed by atoms with Crippen LogP contribution in [0.1, 0.15) is 12.5 Å². The van der Waals surface area contributed by atoms with Crippen LogP contribution in [0.3, 0.4) is 0 Å². The highest BCUT2D eigenvalue weighted by Crippen LogP contribution is 2.56. The van der Waals surface area contributed by atoms with Gasteiger partial charge < -0.3 is 19.7 Å². The van der Waals surface area contributed by atoms with Gasteiger partial charge in [0, 0.05) is 17.2 Å². The van der Waals surface area contributed by atoms with Crippen molar-refractivity contribution in [1.82, 2.24) is 0 Å². The largest absolute Gasteiger partial charge is 0.508 e. The monoisotopic (exact) mass is 350 g/mol. The van der Waals surface area contributed by atoms with Gasteiger partial charge in [0.05, 0.1) is 11.5 Å². The average Bonchev–Trinajstić information content (AvgIpc) is 2.87. The van der Waals surface area contributed by atoms with Gasteiger partial charge in [0.25, 0.3) is 0 Å². The zero-order valence-electron chi connectivity index (χ0n) is 14.2. The van der Waals surface area contributed by atoms with Crippen LogP contribution in [0, 0.1) is 5.92 Å². The molecule has 1 aromatic rings. The minimum absolute atomic E-state index is 0.0408. The number of aliphatic hydroxyl groups excluding tert-OH is 1. The van der Waals surface area contributed by atoms with E-state index < -0.39 is 17.7 Å². The number of benzene rings is 1. The first-order valence-electron chi connectivity index (χ1n) is 8.33. The molecule has 0 aromatic heterocycles. The third-order valence-electron chi connectivity index (χ3n) is 4.96. The van der Waals surface area contributed by atoms with Crippen molar-refractivity contribution in [2.75, 3.05) is 0 Å². The second-order valence-corrected chi connectivity index (χ2v) is 6.40. The van der Waals surface area contributed by atoms with E-state index in [2.05, 4.69) is 6.58 Å². The molecule has 0 radical (unpaired) electrons. The maximum Gasteiger partial charge on any atom is 0.339 e. The van der Waals surface area contributed by atoms with Crippen LogP contribution in [0.25, 0.3) is 0 Å². The lowest BCUT2D eigenvalue weighted by molar-refractivity contribution is -0.154. The number of hydrogen-bond donors (Lipinski definition) is 2. The fourth-order valence-corrected chi connectivity index (χ4v) is 3.95. The van der Waals surface area contributed by atoms with Crippen LogP contribution in [0.4, 0.5) is 0 Å². The zero-order chi connectivity index (χ0) is 18.5. The summed E-state index contributed by atoms with van der Waals surface area (Å²) in [6.45, 7) is 5.72. The fourth-order valence-electron chi connectivity index (χ4n) is 3.95. The van der Waals surface area contributed by atoms with Crippen molar-refractivity contribution in [1.29, 1.82) is 0 Å². The van der Waals surface area contributed by atoms with Crippen molar-refractivity contribution < 1.29 is 24.5 Å². The number of allylic oxidation sites excluding steroid dienone is 2. The molecule has 1 aromatic carbocycles. The summed E-state index contributed by atoms with van der Waals surface area (Å²) in [5, 5.41) is 19.8. The van der Waals surface area contributed by atoms with E-state index in [0.29, 0.717) is 22.5 Å². The number of rotatable bonds is 2. The number of phenols is 1. The molecule has 3 aliphatic rings. The highest BCUT2D eigenvalue weighted by molar-refractivity contribution is 5.97. The standard InChI is InChI=1S/C21H18O5/c1-3-5-14-15(4-2)21(26-20(14)24)16-8-6-12(22)10-18(16)25-19-11-13(23)7-9-17(19)21/h3-11,16,18,22-23H,2H2,1H3/b5-3-. The van der Waals surface area contributed by atoms with Crippen LogP contribution < -0.4 is 4.74 Å². The van der Waals surface area contributed by atoms with Crippen molar-refractivity contribution in [3.63, 3.8) is 0 Å². The summed E-state index contributed by atoms with van der Waals surface area (Å²) < 4.78 is 12.0. The number of aliphatic hydroxyl groups is 1. The normalized spacial score (nSPS) is 29.3. The van der Waals surface area contributed by atoms with E-state index in [-0.39, 0.29) is 17.4 Å². The molecule has 5 heteroatoms. The van der Waals surface area contributed by atoms with Gasteiger partial charge in [-0.15, -0.1) is 0 Å². The molecule has 1 aliphatic carbocycles. The molecule has 2 aliphatic heterocycles. The molecule has 3 unspecified atom stereocenters. The van der Waals surface area contributed by atoms with E-state index >= 15 is 0 Å². The van der Waals surface area contributed by atoms with Gasteiger partial charge in [-0.2, -0.15) is 0 Å². The molecular weight excluding hydrogens is 332 g/mol. The van der Waals surface area contributed by atoms with E-state index in [9.17, 15) is 15.0 Å². The van der Waals surface area contributed by atoms with E-state index in [1.165, 1.54) is 12.1 Å². The van der Waals surface area contributed by atoms with E-state index in [4.69, 9.17) is 9.47 Å². The molecule has 5 nitrogen and oxygen atoms in total. The second-order valence-electron chi connectivity index (χ2n) is 6.40. The Morgan fingerprint density at radius 3 is 2.85 bits per heavy atom. The predicted molar refractivity (Wildman–Crippen MR) is 95.7 cm³/mol. The summed E-state index contributed by atoms with van der Waals surface area (Å²) in [6, 6.07) is 4.72. The third-order valence-corrected chi connectivity index (χ3v) is 4.96. The lowest BCUT2D eigenvalue weighted by Crippen LogP contribution is -2.48. The highest BCUT2D eigenvalue weighted by Gasteiger charge is 2.58. The lowest BCUT2D eigenvalue weighted by Gasteiger charge is -2.45. The number of hydrogen-bond acceptors (Lipinski definition) is 5. The highest BCUT2D eigenvalue weighted by atomic mass is 16.6. The number of carbonyl (C=O) groups is 1. The zero-order valence-corrected chi connectivity index (χ0v) is 14.2. The molecule has 0 bridgehead atoms. The smallest absolute Gasteiger partial charge is 0.339 e. The SMILES string of the molecule is C=CC1=C(/C=C\C)C(=O)OC12c1ccc(O)cc1OC1C=C(O)C=CC12. The Bertz CT molecular complexity index is 934. The summed E-state index contributed by atoms with van der Waals surface area (Å²) in [5.74, 6) is -0.300. The minimum atomic E-state index is -1.13. The van der Waals surface area contributed by atoms with Gasteiger partial charge in [0.2, 0.25) is 0 Å². The Morgan fingerprint density at radius 2 is 2.12 bits per heavy atom. The fraction of sp³-hybridized carbons (Fsp3) is 0.190. The van der Waals surface area contributed by atoms with Crippen LogP contribution in [0.5, 0.6) is 11.5 Å². The Balaban J connectivity index is 2.04. The number of ether oxygens (including phenoxy) is 2. The van der Waals surface area contributed by atoms with Gasteiger partial charge >= 0.3 is 5.97 Å². The molecule has 0 fully saturated rings. The lowest BCUT2D eigenvalue weighted by atomic mass is 9.69. The Hall–Kier alpha value is -3.21. The topological polar surface area (TPSA) is 76.0 Å². The number of esters is 1. The van der Waals surface area contributed by atoms with Gasteiger partial charge in [0.1, 0.15) is 23.4 Å². The van der Waals surface area contributed by atoms with Crippen molar-refractivity contribution in [2.45, 2.75) is 18.6 Å². The molecule has 0 saturated heterocycles. The predicted octanol–water partition coefficient (Wildman–Crippen LogP) is 3.59. The van der Waals surface area contributed by atoms with Crippen molar-refractivity contribution in [3.05, 3.63) is 83.7 Å². The van der Waals surface area contributed by atoms with Crippen LogP contribution in [-0.4, -0.2) is 22.3 Å². The first-order chi connectivity index (χ1) is 12.5. The van der Waals surface area contributed by atoms with Crippen molar-refractivity contribution in [2.24, 2.45) is 5.92 Å². The Kier molecular flexibility index (Phi) is 3.54. The van der Waals surface area contributed by atoms with Crippen LogP contribution in [0.15, 0.2) is 78.1 Å². The average molecular weight is 350 g/mol. The molecule has 3 atom stereocenters. The first kappa shape index (κ1) is 16.3. The van der Waals surface area contributed by atoms with Gasteiger partial charge in [-0.25, -0.2) is 4.79 Å².